The van der Waals surface area contributed by atoms with Crippen LogP contribution < -0.4 is 4.90 Å². The second-order valence-electron chi connectivity index (χ2n) is 9.87. The van der Waals surface area contributed by atoms with Gasteiger partial charge >= 0.3 is 5.97 Å². The number of nitrogens with zero attached hydrogens (tertiary/aromatic N) is 2. The first-order valence-corrected chi connectivity index (χ1v) is 13.5. The van der Waals surface area contributed by atoms with Gasteiger partial charge in [0.2, 0.25) is 5.91 Å². The van der Waals surface area contributed by atoms with E-state index in [9.17, 15) is 19.5 Å². The lowest BCUT2D eigenvalue weighted by Gasteiger charge is -2.40. The minimum atomic E-state index is -1.24. The van der Waals surface area contributed by atoms with Gasteiger partial charge in [0.25, 0.3) is 5.91 Å². The predicted molar refractivity (Wildman–Crippen MR) is 139 cm³/mol. The fourth-order valence-electron chi connectivity index (χ4n) is 6.05. The third-order valence-corrected chi connectivity index (χ3v) is 8.65. The quantitative estimate of drug-likeness (QED) is 0.273. The van der Waals surface area contributed by atoms with Gasteiger partial charge in [0.1, 0.15) is 11.6 Å². The van der Waals surface area contributed by atoms with Crippen LogP contribution in [0.2, 0.25) is 5.02 Å². The van der Waals surface area contributed by atoms with Crippen molar-refractivity contribution in [1.29, 1.82) is 0 Å². The highest BCUT2D eigenvalue weighted by Crippen LogP contribution is 2.61. The Bertz CT molecular complexity index is 1040. The van der Waals surface area contributed by atoms with Crippen molar-refractivity contribution >= 4 is 51.0 Å². The molecule has 3 unspecified atom stereocenters. The maximum atomic E-state index is 14.4. The molecule has 0 aromatic heterocycles. The van der Waals surface area contributed by atoms with E-state index in [1.54, 1.807) is 37.3 Å². The van der Waals surface area contributed by atoms with Crippen LogP contribution >= 0.6 is 27.5 Å². The normalized spacial score (nSPS) is 31.5. The SMILES string of the molecule is C=CCN(C(=O)C1N([C@@H](CO)C(C)C)C(=O)[C@@H]2[C@@H](C(=O)OCC)[C@@H]3OC12CC3Br)c1ccc(Cl)cc1. The molecule has 0 radical (unpaired) electrons. The average Bonchev–Trinajstić information content (AvgIpc) is 3.42. The van der Waals surface area contributed by atoms with Crippen molar-refractivity contribution < 1.29 is 29.0 Å². The van der Waals surface area contributed by atoms with Crippen LogP contribution in [-0.4, -0.2) is 76.2 Å². The number of carbonyl (C=O) groups excluding carboxylic acids is 3. The van der Waals surface area contributed by atoms with Gasteiger partial charge in [0.15, 0.2) is 0 Å². The number of hydrogen-bond donors (Lipinski definition) is 1. The molecule has 1 aromatic carbocycles. The van der Waals surface area contributed by atoms with E-state index < -0.39 is 41.6 Å². The predicted octanol–water partition coefficient (Wildman–Crippen LogP) is 3.19. The molecule has 4 rings (SSSR count). The molecule has 2 bridgehead atoms. The number of alkyl halides is 1. The van der Waals surface area contributed by atoms with E-state index in [2.05, 4.69) is 22.5 Å². The van der Waals surface area contributed by atoms with E-state index in [-0.39, 0.29) is 42.3 Å². The largest absolute Gasteiger partial charge is 0.466 e. The summed E-state index contributed by atoms with van der Waals surface area (Å²) < 4.78 is 11.8. The Morgan fingerprint density at radius 2 is 2.06 bits per heavy atom. The van der Waals surface area contributed by atoms with Gasteiger partial charge in [0.05, 0.1) is 37.2 Å². The topological polar surface area (TPSA) is 96.4 Å². The maximum Gasteiger partial charge on any atom is 0.312 e. The van der Waals surface area contributed by atoms with E-state index in [0.29, 0.717) is 17.1 Å². The Labute approximate surface area is 224 Å². The molecule has 7 atom stereocenters. The van der Waals surface area contributed by atoms with Gasteiger partial charge in [-0.15, -0.1) is 6.58 Å². The standard InChI is InChI=1S/C26H32BrClN2O6/c1-5-11-29(16-9-7-15(28)8-10-16)24(33)22-26-12-17(27)21(36-26)19(25(34)35-6-2)20(26)23(32)30(22)18(13-31)14(3)4/h5,7-10,14,17-22,31H,1,6,11-13H2,2-4H3/t17?,18-,19+,20-,21+,22?,26?/m0/s1. The number of benzene rings is 1. The number of rotatable bonds is 9. The van der Waals surface area contributed by atoms with Gasteiger partial charge in [-0.2, -0.15) is 0 Å². The second-order valence-corrected chi connectivity index (χ2v) is 11.5. The first-order chi connectivity index (χ1) is 17.1. The highest BCUT2D eigenvalue weighted by molar-refractivity contribution is 9.09. The zero-order chi connectivity index (χ0) is 26.4. The summed E-state index contributed by atoms with van der Waals surface area (Å²) in [4.78, 5) is 44.3. The van der Waals surface area contributed by atoms with Gasteiger partial charge in [-0.3, -0.25) is 14.4 Å². The summed E-state index contributed by atoms with van der Waals surface area (Å²) in [5.41, 5.74) is -0.648. The number of likely N-dealkylation sites (tertiary alicyclic amines) is 1. The Balaban J connectivity index is 1.85. The van der Waals surface area contributed by atoms with Crippen LogP contribution in [0.1, 0.15) is 27.2 Å². The van der Waals surface area contributed by atoms with Crippen LogP contribution in [0.5, 0.6) is 0 Å². The number of amides is 2. The van der Waals surface area contributed by atoms with E-state index in [4.69, 9.17) is 21.1 Å². The molecule has 0 saturated carbocycles. The fraction of sp³-hybridized carbons (Fsp3) is 0.577. The fourth-order valence-corrected chi connectivity index (χ4v) is 7.12. The molecule has 3 saturated heterocycles. The van der Waals surface area contributed by atoms with Crippen molar-refractivity contribution in [3.05, 3.63) is 41.9 Å². The zero-order valence-corrected chi connectivity index (χ0v) is 22.9. The van der Waals surface area contributed by atoms with Crippen LogP contribution in [-0.2, 0) is 23.9 Å². The van der Waals surface area contributed by atoms with Gasteiger partial charge in [-0.05, 0) is 43.5 Å². The van der Waals surface area contributed by atoms with Crippen LogP contribution in [0.15, 0.2) is 36.9 Å². The first kappa shape index (κ1) is 27.1. The lowest BCUT2D eigenvalue weighted by molar-refractivity contribution is -0.155. The van der Waals surface area contributed by atoms with Crippen LogP contribution in [0.4, 0.5) is 5.69 Å². The molecule has 196 valence electrons. The molecule has 0 aliphatic carbocycles. The first-order valence-electron chi connectivity index (χ1n) is 12.2. The van der Waals surface area contributed by atoms with Gasteiger partial charge < -0.3 is 24.4 Å². The zero-order valence-electron chi connectivity index (χ0n) is 20.6. The molecule has 1 N–H and O–H groups in total. The molecule has 3 heterocycles. The van der Waals surface area contributed by atoms with Crippen molar-refractivity contribution in [2.45, 2.75) is 55.8 Å². The van der Waals surface area contributed by atoms with E-state index in [1.165, 1.54) is 9.80 Å². The maximum absolute atomic E-state index is 14.4. The Morgan fingerprint density at radius 3 is 2.61 bits per heavy atom. The average molecular weight is 584 g/mol. The van der Waals surface area contributed by atoms with Crippen LogP contribution in [0.25, 0.3) is 0 Å². The monoisotopic (exact) mass is 582 g/mol. The van der Waals surface area contributed by atoms with Gasteiger partial charge in [0, 0.05) is 22.1 Å². The molecule has 3 fully saturated rings. The Morgan fingerprint density at radius 1 is 1.39 bits per heavy atom. The summed E-state index contributed by atoms with van der Waals surface area (Å²) in [6.07, 6.45) is 1.39. The van der Waals surface area contributed by atoms with E-state index >= 15 is 0 Å². The molecule has 10 heteroatoms. The molecule has 36 heavy (non-hydrogen) atoms. The number of ether oxygens (including phenoxy) is 2. The smallest absolute Gasteiger partial charge is 0.312 e. The van der Waals surface area contributed by atoms with E-state index in [1.807, 2.05) is 13.8 Å². The molecule has 2 amide bonds. The molecule has 3 aliphatic heterocycles. The summed E-state index contributed by atoms with van der Waals surface area (Å²) in [5.74, 6) is -3.11. The number of esters is 1. The Hall–Kier alpha value is -1.94. The highest BCUT2D eigenvalue weighted by Gasteiger charge is 2.77. The molecular formula is C26H32BrClN2O6. The summed E-state index contributed by atoms with van der Waals surface area (Å²) in [6, 6.07) is 5.15. The lowest BCUT2D eigenvalue weighted by Crippen LogP contribution is -2.60. The minimum absolute atomic E-state index is 0.147. The van der Waals surface area contributed by atoms with Gasteiger partial charge in [-0.25, -0.2) is 0 Å². The molecular weight excluding hydrogens is 552 g/mol. The highest BCUT2D eigenvalue weighted by atomic mass is 79.9. The summed E-state index contributed by atoms with van der Waals surface area (Å²) in [7, 11) is 0. The van der Waals surface area contributed by atoms with Crippen molar-refractivity contribution in [3.63, 3.8) is 0 Å². The number of aliphatic hydroxyl groups excluding tert-OH is 1. The van der Waals surface area contributed by atoms with Gasteiger partial charge in [-0.1, -0.05) is 47.5 Å². The third-order valence-electron chi connectivity index (χ3n) is 7.55. The molecule has 1 aromatic rings. The second kappa shape index (κ2) is 10.4. The van der Waals surface area contributed by atoms with Crippen molar-refractivity contribution in [3.8, 4) is 0 Å². The number of fused-ring (bicyclic) bond motifs is 1. The van der Waals surface area contributed by atoms with Crippen molar-refractivity contribution in [1.82, 2.24) is 4.90 Å². The molecule has 3 aliphatic rings. The number of carbonyl (C=O) groups is 3. The number of aliphatic hydroxyl groups is 1. The Kier molecular flexibility index (Phi) is 7.86. The van der Waals surface area contributed by atoms with E-state index in [0.717, 1.165) is 0 Å². The number of hydrogen-bond acceptors (Lipinski definition) is 6. The lowest BCUT2D eigenvalue weighted by atomic mass is 9.70. The summed E-state index contributed by atoms with van der Waals surface area (Å²) in [6.45, 7) is 9.32. The molecule has 1 spiro atoms. The number of anilines is 1. The summed E-state index contributed by atoms with van der Waals surface area (Å²) in [5, 5.41) is 10.8. The number of halogens is 2. The minimum Gasteiger partial charge on any atom is -0.466 e. The third kappa shape index (κ3) is 4.18. The molecule has 8 nitrogen and oxygen atoms in total. The van der Waals surface area contributed by atoms with Crippen molar-refractivity contribution in [2.24, 2.45) is 17.8 Å². The van der Waals surface area contributed by atoms with Crippen LogP contribution in [0, 0.1) is 17.8 Å². The summed E-state index contributed by atoms with van der Waals surface area (Å²) >= 11 is 9.71. The van der Waals surface area contributed by atoms with Crippen LogP contribution in [0.3, 0.4) is 0 Å². The van der Waals surface area contributed by atoms with Crippen molar-refractivity contribution in [2.75, 3.05) is 24.7 Å².